The molecule has 0 aliphatic carbocycles. The van der Waals surface area contributed by atoms with Gasteiger partial charge >= 0.3 is 18.3 Å². The first-order chi connectivity index (χ1) is 12.3. The second kappa shape index (κ2) is 6.93. The van der Waals surface area contributed by atoms with Crippen molar-refractivity contribution in [1.29, 1.82) is 0 Å². The monoisotopic (exact) mass is 395 g/mol. The van der Waals surface area contributed by atoms with Crippen LogP contribution >= 0.6 is 0 Å². The summed E-state index contributed by atoms with van der Waals surface area (Å²) in [5.74, 6) is -1.37. The highest BCUT2D eigenvalue weighted by molar-refractivity contribution is 6.07. The second-order valence-corrected chi connectivity index (χ2v) is 5.37. The van der Waals surface area contributed by atoms with E-state index in [4.69, 9.17) is 9.63 Å². The van der Waals surface area contributed by atoms with Crippen LogP contribution in [0.4, 0.5) is 32.0 Å². The Balaban J connectivity index is 2.44. The number of anilines is 1. The maximum atomic E-state index is 12.8. The zero-order chi connectivity index (χ0) is 20.6. The summed E-state index contributed by atoms with van der Waals surface area (Å²) in [6.07, 6.45) is -10.0. The summed E-state index contributed by atoms with van der Waals surface area (Å²) in [6, 6.07) is 0.879. The summed E-state index contributed by atoms with van der Waals surface area (Å²) in [6.45, 7) is 2.66. The van der Waals surface area contributed by atoms with Gasteiger partial charge in [0.05, 0.1) is 28.1 Å². The Morgan fingerprint density at radius 1 is 1.11 bits per heavy atom. The summed E-state index contributed by atoms with van der Waals surface area (Å²) >= 11 is 0. The number of benzene rings is 1. The molecule has 0 atom stereocenters. The minimum Gasteiger partial charge on any atom is -0.476 e. The highest BCUT2D eigenvalue weighted by Crippen LogP contribution is 2.37. The van der Waals surface area contributed by atoms with Crippen LogP contribution in [0, 0.1) is 6.92 Å². The molecule has 2 N–H and O–H groups in total. The number of aryl methyl sites for hydroxylation is 1. The molecular formula is C15H11F6N3O3. The van der Waals surface area contributed by atoms with Gasteiger partial charge in [0, 0.05) is 0 Å². The first-order valence-electron chi connectivity index (χ1n) is 7.10. The van der Waals surface area contributed by atoms with Gasteiger partial charge in [0.2, 0.25) is 5.69 Å². The molecule has 0 saturated heterocycles. The number of alkyl halides is 6. The molecule has 2 aromatic rings. The Labute approximate surface area is 147 Å². The number of carboxylic acid groups (broad SMARTS) is 1. The lowest BCUT2D eigenvalue weighted by Crippen LogP contribution is -2.12. The quantitative estimate of drug-likeness (QED) is 0.450. The van der Waals surface area contributed by atoms with Crippen molar-refractivity contribution in [2.24, 2.45) is 5.10 Å². The smallest absolute Gasteiger partial charge is 0.416 e. The summed E-state index contributed by atoms with van der Waals surface area (Å²) in [5, 5.41) is 16.0. The number of carboxylic acids is 1. The molecule has 146 valence electrons. The molecule has 0 saturated carbocycles. The van der Waals surface area contributed by atoms with Crippen molar-refractivity contribution in [2.75, 3.05) is 5.43 Å². The second-order valence-electron chi connectivity index (χ2n) is 5.37. The predicted molar refractivity (Wildman–Crippen MR) is 80.5 cm³/mol. The Bertz CT molecular complexity index is 867. The Hall–Kier alpha value is -3.05. The molecule has 27 heavy (non-hydrogen) atoms. The molecule has 1 aromatic carbocycles. The van der Waals surface area contributed by atoms with Crippen LogP contribution in [0.5, 0.6) is 0 Å². The molecule has 1 heterocycles. The number of hydrazone groups is 1. The maximum Gasteiger partial charge on any atom is 0.416 e. The predicted octanol–water partition coefficient (Wildman–Crippen LogP) is 4.55. The van der Waals surface area contributed by atoms with Gasteiger partial charge in [-0.2, -0.15) is 31.4 Å². The van der Waals surface area contributed by atoms with E-state index >= 15 is 0 Å². The van der Waals surface area contributed by atoms with Crippen LogP contribution in [0.3, 0.4) is 0 Å². The Morgan fingerprint density at radius 2 is 1.63 bits per heavy atom. The van der Waals surface area contributed by atoms with Crippen molar-refractivity contribution < 1.29 is 40.8 Å². The summed E-state index contributed by atoms with van der Waals surface area (Å²) in [5.41, 5.74) is -2.12. The van der Waals surface area contributed by atoms with Gasteiger partial charge in [-0.25, -0.2) is 4.79 Å². The van der Waals surface area contributed by atoms with Crippen LogP contribution in [-0.4, -0.2) is 21.9 Å². The average Bonchev–Trinajstić information content (AvgIpc) is 2.92. The van der Waals surface area contributed by atoms with E-state index in [2.05, 4.69) is 15.7 Å². The normalized spacial score (nSPS) is 13.0. The van der Waals surface area contributed by atoms with E-state index in [9.17, 15) is 31.1 Å². The van der Waals surface area contributed by atoms with Crippen molar-refractivity contribution in [3.8, 4) is 0 Å². The summed E-state index contributed by atoms with van der Waals surface area (Å²) < 4.78 is 81.7. The molecule has 2 rings (SSSR count). The van der Waals surface area contributed by atoms with Gasteiger partial charge in [-0.05, 0) is 32.0 Å². The number of carbonyl (C=O) groups is 1. The highest BCUT2D eigenvalue weighted by atomic mass is 19.4. The number of hydrogen-bond acceptors (Lipinski definition) is 5. The molecule has 6 nitrogen and oxygen atoms in total. The first-order valence-corrected chi connectivity index (χ1v) is 7.10. The zero-order valence-electron chi connectivity index (χ0n) is 13.7. The minimum absolute atomic E-state index is 0.0194. The van der Waals surface area contributed by atoms with Gasteiger partial charge in [-0.1, -0.05) is 5.16 Å². The number of rotatable bonds is 4. The van der Waals surface area contributed by atoms with E-state index in [1.165, 1.54) is 13.8 Å². The van der Waals surface area contributed by atoms with E-state index in [-0.39, 0.29) is 23.1 Å². The third-order valence-electron chi connectivity index (χ3n) is 3.37. The molecule has 0 amide bonds. The minimum atomic E-state index is -5.00. The molecule has 0 spiro atoms. The fourth-order valence-corrected chi connectivity index (χ4v) is 2.17. The van der Waals surface area contributed by atoms with Crippen LogP contribution < -0.4 is 5.43 Å². The third kappa shape index (κ3) is 4.57. The number of nitrogens with zero attached hydrogens (tertiary/aromatic N) is 2. The van der Waals surface area contributed by atoms with Gasteiger partial charge in [0.25, 0.3) is 0 Å². The topological polar surface area (TPSA) is 87.7 Å². The molecule has 0 aliphatic rings. The van der Waals surface area contributed by atoms with Gasteiger partial charge in [0.15, 0.2) is 0 Å². The maximum absolute atomic E-state index is 12.8. The SMILES string of the molecule is C/C(=N\Nc1cc(C(F)(F)F)cc(C(F)(F)F)c1)c1c(C(=O)O)noc1C. The standard InChI is InChI=1S/C15H11F6N3O3/c1-6(11-7(2)27-24-12(11)13(25)26)22-23-10-4-8(14(16,17)18)3-9(5-10)15(19,20)21/h3-5,23H,1-2H3,(H,25,26)/b22-6+. The zero-order valence-corrected chi connectivity index (χ0v) is 13.7. The Kier molecular flexibility index (Phi) is 5.20. The lowest BCUT2D eigenvalue weighted by atomic mass is 10.1. The van der Waals surface area contributed by atoms with Crippen molar-refractivity contribution in [3.63, 3.8) is 0 Å². The third-order valence-corrected chi connectivity index (χ3v) is 3.37. The van der Waals surface area contributed by atoms with E-state index in [1.807, 2.05) is 0 Å². The Morgan fingerprint density at radius 3 is 2.07 bits per heavy atom. The summed E-state index contributed by atoms with van der Waals surface area (Å²) in [7, 11) is 0. The molecule has 0 unspecified atom stereocenters. The molecule has 1 aromatic heterocycles. The number of hydrogen-bond donors (Lipinski definition) is 2. The molecule has 0 aliphatic heterocycles. The number of halogens is 6. The average molecular weight is 395 g/mol. The lowest BCUT2D eigenvalue weighted by Gasteiger charge is -2.14. The van der Waals surface area contributed by atoms with E-state index in [1.54, 1.807) is 0 Å². The molecule has 12 heteroatoms. The van der Waals surface area contributed by atoms with E-state index < -0.39 is 40.8 Å². The van der Waals surface area contributed by atoms with Gasteiger partial charge in [-0.3, -0.25) is 5.43 Å². The van der Waals surface area contributed by atoms with Crippen molar-refractivity contribution in [1.82, 2.24) is 5.16 Å². The van der Waals surface area contributed by atoms with Crippen molar-refractivity contribution >= 4 is 17.4 Å². The van der Waals surface area contributed by atoms with Crippen molar-refractivity contribution in [2.45, 2.75) is 26.2 Å². The van der Waals surface area contributed by atoms with Crippen LogP contribution in [-0.2, 0) is 12.4 Å². The fourth-order valence-electron chi connectivity index (χ4n) is 2.17. The molecule has 0 radical (unpaired) electrons. The van der Waals surface area contributed by atoms with Gasteiger partial charge in [-0.15, -0.1) is 0 Å². The van der Waals surface area contributed by atoms with E-state index in [0.717, 1.165) is 0 Å². The molecular weight excluding hydrogens is 384 g/mol. The first kappa shape index (κ1) is 20.3. The van der Waals surface area contributed by atoms with Gasteiger partial charge < -0.3 is 9.63 Å². The molecule has 0 bridgehead atoms. The number of aromatic carboxylic acids is 1. The van der Waals surface area contributed by atoms with Crippen LogP contribution in [0.25, 0.3) is 0 Å². The highest BCUT2D eigenvalue weighted by Gasteiger charge is 2.37. The van der Waals surface area contributed by atoms with Crippen molar-refractivity contribution in [3.05, 3.63) is 46.3 Å². The number of aromatic nitrogens is 1. The molecule has 0 fully saturated rings. The fraction of sp³-hybridized carbons (Fsp3) is 0.267. The largest absolute Gasteiger partial charge is 0.476 e. The lowest BCUT2D eigenvalue weighted by molar-refractivity contribution is -0.143. The van der Waals surface area contributed by atoms with Crippen LogP contribution in [0.1, 0.15) is 39.9 Å². The van der Waals surface area contributed by atoms with E-state index in [0.29, 0.717) is 12.1 Å². The van der Waals surface area contributed by atoms with Gasteiger partial charge in [0.1, 0.15) is 5.76 Å². The van der Waals surface area contributed by atoms with Crippen LogP contribution in [0.15, 0.2) is 27.8 Å². The summed E-state index contributed by atoms with van der Waals surface area (Å²) in [4.78, 5) is 11.1. The van der Waals surface area contributed by atoms with Crippen LogP contribution in [0.2, 0.25) is 0 Å². The number of nitrogens with one attached hydrogen (secondary N) is 1.